The summed E-state index contributed by atoms with van der Waals surface area (Å²) >= 11 is 0. The molecule has 0 unspecified atom stereocenters. The zero-order chi connectivity index (χ0) is 12.6. The van der Waals surface area contributed by atoms with Crippen LogP contribution in [0.3, 0.4) is 0 Å². The van der Waals surface area contributed by atoms with Crippen LogP contribution in [0.4, 0.5) is 5.69 Å². The molecule has 1 saturated carbocycles. The first-order valence-corrected chi connectivity index (χ1v) is 6.51. The Morgan fingerprint density at radius 2 is 2.11 bits per heavy atom. The van der Waals surface area contributed by atoms with Crippen LogP contribution in [0.25, 0.3) is 0 Å². The van der Waals surface area contributed by atoms with Crippen molar-refractivity contribution in [2.24, 2.45) is 5.73 Å². The van der Waals surface area contributed by atoms with Gasteiger partial charge in [-0.25, -0.2) is 0 Å². The molecule has 1 aliphatic carbocycles. The van der Waals surface area contributed by atoms with Gasteiger partial charge in [-0.1, -0.05) is 18.9 Å². The Bertz CT molecular complexity index is 479. The van der Waals surface area contributed by atoms with Gasteiger partial charge >= 0.3 is 0 Å². The lowest BCUT2D eigenvalue weighted by atomic mass is 9.79. The van der Waals surface area contributed by atoms with Crippen LogP contribution in [-0.2, 0) is 10.2 Å². The van der Waals surface area contributed by atoms with Crippen LogP contribution in [0.5, 0.6) is 5.75 Å². The second kappa shape index (κ2) is 4.28. The summed E-state index contributed by atoms with van der Waals surface area (Å²) in [5.74, 6) is 0.677. The number of benzene rings is 1. The van der Waals surface area contributed by atoms with E-state index in [4.69, 9.17) is 10.5 Å². The summed E-state index contributed by atoms with van der Waals surface area (Å²) < 4.78 is 5.47. The van der Waals surface area contributed by atoms with Gasteiger partial charge in [-0.3, -0.25) is 4.79 Å². The fourth-order valence-electron chi connectivity index (χ4n) is 3.07. The summed E-state index contributed by atoms with van der Waals surface area (Å²) in [4.78, 5) is 11.2. The van der Waals surface area contributed by atoms with Crippen molar-refractivity contribution in [3.63, 3.8) is 0 Å². The largest absolute Gasteiger partial charge is 0.482 e. The molecular weight excluding hydrogens is 228 g/mol. The molecule has 4 nitrogen and oxygen atoms in total. The van der Waals surface area contributed by atoms with E-state index in [9.17, 15) is 4.79 Å². The minimum Gasteiger partial charge on any atom is -0.482 e. The molecule has 0 bridgehead atoms. The molecule has 0 radical (unpaired) electrons. The Morgan fingerprint density at radius 1 is 1.33 bits per heavy atom. The molecule has 4 heteroatoms. The molecular formula is C14H18N2O2. The van der Waals surface area contributed by atoms with Crippen LogP contribution >= 0.6 is 0 Å². The second-order valence-electron chi connectivity index (χ2n) is 5.24. The Labute approximate surface area is 107 Å². The number of hydrogen-bond acceptors (Lipinski definition) is 3. The third kappa shape index (κ3) is 1.77. The predicted molar refractivity (Wildman–Crippen MR) is 69.8 cm³/mol. The minimum absolute atomic E-state index is 0.0929. The molecule has 1 amide bonds. The average Bonchev–Trinajstić information content (AvgIpc) is 2.88. The van der Waals surface area contributed by atoms with Gasteiger partial charge in [0.2, 0.25) is 0 Å². The maximum atomic E-state index is 11.2. The van der Waals surface area contributed by atoms with Gasteiger partial charge in [-0.2, -0.15) is 0 Å². The van der Waals surface area contributed by atoms with Crippen molar-refractivity contribution >= 4 is 11.6 Å². The third-order valence-electron chi connectivity index (χ3n) is 4.18. The first kappa shape index (κ1) is 11.5. The van der Waals surface area contributed by atoms with Crippen molar-refractivity contribution in [1.29, 1.82) is 0 Å². The van der Waals surface area contributed by atoms with Crippen molar-refractivity contribution < 1.29 is 9.53 Å². The number of nitrogens with two attached hydrogens (primary N) is 1. The Kier molecular flexibility index (Phi) is 2.74. The molecule has 1 aromatic carbocycles. The quantitative estimate of drug-likeness (QED) is 0.836. The SMILES string of the molecule is NCC1(c2ccc3c(c2)OCC(=O)N3)CCCC1. The maximum absolute atomic E-state index is 11.2. The first-order valence-electron chi connectivity index (χ1n) is 6.51. The van der Waals surface area contributed by atoms with Crippen molar-refractivity contribution in [2.75, 3.05) is 18.5 Å². The highest BCUT2D eigenvalue weighted by molar-refractivity contribution is 5.95. The number of hydrogen-bond donors (Lipinski definition) is 2. The number of ether oxygens (including phenoxy) is 1. The summed E-state index contributed by atoms with van der Waals surface area (Å²) in [6, 6.07) is 6.05. The van der Waals surface area contributed by atoms with E-state index >= 15 is 0 Å². The Balaban J connectivity index is 1.97. The molecule has 0 saturated heterocycles. The van der Waals surface area contributed by atoms with Gasteiger partial charge < -0.3 is 15.8 Å². The van der Waals surface area contributed by atoms with Gasteiger partial charge in [0.1, 0.15) is 5.75 Å². The molecule has 18 heavy (non-hydrogen) atoms. The zero-order valence-corrected chi connectivity index (χ0v) is 10.4. The second-order valence-corrected chi connectivity index (χ2v) is 5.24. The number of carbonyl (C=O) groups excluding carboxylic acids is 1. The summed E-state index contributed by atoms with van der Waals surface area (Å²) in [5.41, 5.74) is 8.11. The van der Waals surface area contributed by atoms with Gasteiger partial charge in [0.05, 0.1) is 5.69 Å². The molecule has 1 heterocycles. The fourth-order valence-corrected chi connectivity index (χ4v) is 3.07. The lowest BCUT2D eigenvalue weighted by molar-refractivity contribution is -0.118. The molecule has 0 spiro atoms. The molecule has 3 rings (SSSR count). The van der Waals surface area contributed by atoms with Gasteiger partial charge in [0.25, 0.3) is 5.91 Å². The minimum atomic E-state index is -0.0929. The van der Waals surface area contributed by atoms with Gasteiger partial charge in [-0.15, -0.1) is 0 Å². The van der Waals surface area contributed by atoms with Gasteiger partial charge in [0.15, 0.2) is 6.61 Å². The average molecular weight is 246 g/mol. The summed E-state index contributed by atoms with van der Waals surface area (Å²) in [6.45, 7) is 0.782. The topological polar surface area (TPSA) is 64.3 Å². The van der Waals surface area contributed by atoms with E-state index in [2.05, 4.69) is 11.4 Å². The molecule has 96 valence electrons. The highest BCUT2D eigenvalue weighted by atomic mass is 16.5. The van der Waals surface area contributed by atoms with Crippen molar-refractivity contribution in [3.05, 3.63) is 23.8 Å². The number of amides is 1. The molecule has 3 N–H and O–H groups in total. The monoisotopic (exact) mass is 246 g/mol. The van der Waals surface area contributed by atoms with Crippen LogP contribution in [0.15, 0.2) is 18.2 Å². The molecule has 0 atom stereocenters. The highest BCUT2D eigenvalue weighted by Crippen LogP contribution is 2.42. The Morgan fingerprint density at radius 3 is 2.83 bits per heavy atom. The van der Waals surface area contributed by atoms with Gasteiger partial charge in [0, 0.05) is 12.0 Å². The van der Waals surface area contributed by atoms with Crippen LogP contribution in [0.2, 0.25) is 0 Å². The highest BCUT2D eigenvalue weighted by Gasteiger charge is 2.35. The lowest BCUT2D eigenvalue weighted by Gasteiger charge is -2.29. The summed E-state index contributed by atoms with van der Waals surface area (Å²) in [6.07, 6.45) is 4.78. The smallest absolute Gasteiger partial charge is 0.262 e. The Hall–Kier alpha value is -1.55. The van der Waals surface area contributed by atoms with E-state index < -0.39 is 0 Å². The molecule has 1 fully saturated rings. The number of rotatable bonds is 2. The van der Waals surface area contributed by atoms with Crippen molar-refractivity contribution in [1.82, 2.24) is 0 Å². The van der Waals surface area contributed by atoms with E-state index in [1.165, 1.54) is 18.4 Å². The van der Waals surface area contributed by atoms with E-state index in [1.807, 2.05) is 12.1 Å². The van der Waals surface area contributed by atoms with E-state index in [0.717, 1.165) is 24.3 Å². The molecule has 1 aromatic rings. The zero-order valence-electron chi connectivity index (χ0n) is 10.4. The van der Waals surface area contributed by atoms with E-state index in [0.29, 0.717) is 6.54 Å². The predicted octanol–water partition coefficient (Wildman–Crippen LogP) is 1.79. The summed E-state index contributed by atoms with van der Waals surface area (Å²) in [5, 5.41) is 2.81. The molecule has 1 aliphatic heterocycles. The normalized spacial score (nSPS) is 21.1. The number of nitrogens with one attached hydrogen (secondary N) is 1. The maximum Gasteiger partial charge on any atom is 0.262 e. The van der Waals surface area contributed by atoms with E-state index in [1.54, 1.807) is 0 Å². The molecule has 0 aromatic heterocycles. The molecule has 2 aliphatic rings. The van der Waals surface area contributed by atoms with Crippen LogP contribution < -0.4 is 15.8 Å². The number of anilines is 1. The van der Waals surface area contributed by atoms with Crippen molar-refractivity contribution in [2.45, 2.75) is 31.1 Å². The van der Waals surface area contributed by atoms with Crippen molar-refractivity contribution in [3.8, 4) is 5.75 Å². The van der Waals surface area contributed by atoms with Crippen LogP contribution in [-0.4, -0.2) is 19.1 Å². The van der Waals surface area contributed by atoms with E-state index in [-0.39, 0.29) is 17.9 Å². The first-order chi connectivity index (χ1) is 8.73. The standard InChI is InChI=1S/C14H18N2O2/c15-9-14(5-1-2-6-14)10-3-4-11-12(7-10)18-8-13(17)16-11/h3-4,7H,1-2,5-6,8-9,15H2,(H,16,17). The number of fused-ring (bicyclic) bond motifs is 1. The van der Waals surface area contributed by atoms with Crippen LogP contribution in [0.1, 0.15) is 31.2 Å². The summed E-state index contributed by atoms with van der Waals surface area (Å²) in [7, 11) is 0. The fraction of sp³-hybridized carbons (Fsp3) is 0.500. The number of carbonyl (C=O) groups is 1. The van der Waals surface area contributed by atoms with Crippen LogP contribution in [0, 0.1) is 0 Å². The van der Waals surface area contributed by atoms with Gasteiger partial charge in [-0.05, 0) is 30.5 Å². The third-order valence-corrected chi connectivity index (χ3v) is 4.18. The lowest BCUT2D eigenvalue weighted by Crippen LogP contribution is -2.32.